The first kappa shape index (κ1) is 24.0. The van der Waals surface area contributed by atoms with Gasteiger partial charge in [-0.1, -0.05) is 30.3 Å². The number of carbonyl (C=O) groups is 3. The first-order chi connectivity index (χ1) is 15.7. The van der Waals surface area contributed by atoms with Crippen LogP contribution < -0.4 is 15.5 Å². The number of hydrogen-bond acceptors (Lipinski definition) is 4. The fraction of sp³-hybridized carbons (Fsp3) is 0.360. The molecule has 0 fully saturated rings. The molecule has 33 heavy (non-hydrogen) atoms. The number of anilines is 2. The topological polar surface area (TPSA) is 94.1 Å². The summed E-state index contributed by atoms with van der Waals surface area (Å²) in [6.45, 7) is 10.4. The van der Waals surface area contributed by atoms with E-state index in [1.807, 2.05) is 64.1 Å². The molecule has 4 amide bonds. The molecule has 1 atom stereocenters. The van der Waals surface area contributed by atoms with E-state index >= 15 is 0 Å². The van der Waals surface area contributed by atoms with Crippen LogP contribution in [0.15, 0.2) is 47.5 Å². The number of likely N-dealkylation sites (N-methyl/N-ethyl adjacent to an activating group) is 1. The van der Waals surface area contributed by atoms with Gasteiger partial charge in [0.25, 0.3) is 5.91 Å². The van der Waals surface area contributed by atoms with E-state index in [0.29, 0.717) is 30.2 Å². The van der Waals surface area contributed by atoms with Crippen molar-refractivity contribution in [2.45, 2.75) is 40.8 Å². The number of fused-ring (bicyclic) bond motifs is 1. The fourth-order valence-electron chi connectivity index (χ4n) is 3.96. The third-order valence-electron chi connectivity index (χ3n) is 5.67. The number of benzodiazepines with no additional fused rings is 1. The summed E-state index contributed by atoms with van der Waals surface area (Å²) in [5.41, 5.74) is 4.49. The van der Waals surface area contributed by atoms with Gasteiger partial charge >= 0.3 is 6.03 Å². The Bertz CT molecular complexity index is 1090. The zero-order valence-corrected chi connectivity index (χ0v) is 19.8. The molecule has 0 bridgehead atoms. The molecule has 1 aliphatic rings. The van der Waals surface area contributed by atoms with Gasteiger partial charge in [0.1, 0.15) is 6.54 Å². The Balaban J connectivity index is 1.92. The zero-order chi connectivity index (χ0) is 24.1. The number of para-hydroxylation sites is 1. The normalized spacial score (nSPS) is 15.3. The average Bonchev–Trinajstić information content (AvgIpc) is 2.86. The van der Waals surface area contributed by atoms with E-state index in [1.165, 1.54) is 4.90 Å². The molecule has 0 saturated heterocycles. The van der Waals surface area contributed by atoms with Crippen LogP contribution in [0.2, 0.25) is 0 Å². The lowest BCUT2D eigenvalue weighted by Crippen LogP contribution is -2.51. The third-order valence-corrected chi connectivity index (χ3v) is 5.67. The van der Waals surface area contributed by atoms with E-state index in [4.69, 9.17) is 0 Å². The Hall–Kier alpha value is -3.68. The minimum atomic E-state index is -1.16. The van der Waals surface area contributed by atoms with Gasteiger partial charge in [-0.25, -0.2) is 4.79 Å². The number of rotatable bonds is 6. The number of benzene rings is 2. The molecule has 174 valence electrons. The van der Waals surface area contributed by atoms with Crippen LogP contribution in [-0.4, -0.2) is 54.3 Å². The van der Waals surface area contributed by atoms with Crippen molar-refractivity contribution < 1.29 is 14.4 Å². The number of carbonyl (C=O) groups excluding carboxylic acids is 3. The van der Waals surface area contributed by atoms with Gasteiger partial charge in [-0.2, -0.15) is 0 Å². The van der Waals surface area contributed by atoms with Crippen LogP contribution in [-0.2, 0) is 9.59 Å². The van der Waals surface area contributed by atoms with Crippen LogP contribution in [0.1, 0.15) is 37.5 Å². The molecule has 0 saturated carbocycles. The molecule has 1 heterocycles. The number of urea groups is 1. The van der Waals surface area contributed by atoms with Gasteiger partial charge in [-0.15, -0.1) is 0 Å². The van der Waals surface area contributed by atoms with Gasteiger partial charge in [-0.3, -0.25) is 19.5 Å². The smallest absolute Gasteiger partial charge is 0.321 e. The second kappa shape index (κ2) is 10.3. The van der Waals surface area contributed by atoms with Crippen LogP contribution in [0.3, 0.4) is 0 Å². The summed E-state index contributed by atoms with van der Waals surface area (Å²) in [4.78, 5) is 46.8. The molecular weight excluding hydrogens is 418 g/mol. The van der Waals surface area contributed by atoms with E-state index in [-0.39, 0.29) is 12.5 Å². The summed E-state index contributed by atoms with van der Waals surface area (Å²) in [6, 6.07) is 12.5. The van der Waals surface area contributed by atoms with Gasteiger partial charge in [-0.05, 0) is 57.9 Å². The number of amides is 4. The highest BCUT2D eigenvalue weighted by Gasteiger charge is 2.34. The van der Waals surface area contributed by atoms with Crippen LogP contribution in [0.25, 0.3) is 0 Å². The van der Waals surface area contributed by atoms with Crippen molar-refractivity contribution in [3.63, 3.8) is 0 Å². The molecule has 2 aromatic carbocycles. The van der Waals surface area contributed by atoms with E-state index in [2.05, 4.69) is 15.6 Å². The Labute approximate surface area is 194 Å². The lowest BCUT2D eigenvalue weighted by atomic mass is 10.0. The third kappa shape index (κ3) is 5.39. The minimum Gasteiger partial charge on any atom is -0.342 e. The van der Waals surface area contributed by atoms with Crippen molar-refractivity contribution in [1.29, 1.82) is 0 Å². The standard InChI is InChI=1S/C25H31N5O3/c1-6-29(7-2)21(31)15-30-22-17(4)11-9-13-20(22)18(5)26-23(24(30)32)28-25(33)27-19-12-8-10-16(3)14-19/h8-14,23H,6-7,15H2,1-5H3,(H2,27,28,33). The summed E-state index contributed by atoms with van der Waals surface area (Å²) in [7, 11) is 0. The van der Waals surface area contributed by atoms with Crippen molar-refractivity contribution in [2.75, 3.05) is 29.9 Å². The molecular formula is C25H31N5O3. The number of aliphatic imine (C=N–C) groups is 1. The highest BCUT2D eigenvalue weighted by molar-refractivity contribution is 6.14. The summed E-state index contributed by atoms with van der Waals surface area (Å²) < 4.78 is 0. The monoisotopic (exact) mass is 449 g/mol. The average molecular weight is 450 g/mol. The molecule has 2 aromatic rings. The molecule has 2 N–H and O–H groups in total. The SMILES string of the molecule is CCN(CC)C(=O)CN1C(=O)C(NC(=O)Nc2cccc(C)c2)N=C(C)c2cccc(C)c21. The Morgan fingerprint density at radius 2 is 1.76 bits per heavy atom. The summed E-state index contributed by atoms with van der Waals surface area (Å²) >= 11 is 0. The number of nitrogens with one attached hydrogen (secondary N) is 2. The van der Waals surface area contributed by atoms with Gasteiger partial charge in [0, 0.05) is 30.1 Å². The van der Waals surface area contributed by atoms with E-state index in [0.717, 1.165) is 16.7 Å². The van der Waals surface area contributed by atoms with Crippen LogP contribution in [0.5, 0.6) is 0 Å². The fourth-order valence-corrected chi connectivity index (χ4v) is 3.96. The summed E-state index contributed by atoms with van der Waals surface area (Å²) in [6.07, 6.45) is -1.16. The summed E-state index contributed by atoms with van der Waals surface area (Å²) in [5.74, 6) is -0.618. The second-order valence-electron chi connectivity index (χ2n) is 8.05. The predicted molar refractivity (Wildman–Crippen MR) is 131 cm³/mol. The van der Waals surface area contributed by atoms with Crippen LogP contribution in [0, 0.1) is 13.8 Å². The van der Waals surface area contributed by atoms with Gasteiger partial charge in [0.2, 0.25) is 12.1 Å². The first-order valence-electron chi connectivity index (χ1n) is 11.1. The molecule has 0 aromatic heterocycles. The quantitative estimate of drug-likeness (QED) is 0.707. The molecule has 8 heteroatoms. The lowest BCUT2D eigenvalue weighted by molar-refractivity contribution is -0.131. The molecule has 0 spiro atoms. The Morgan fingerprint density at radius 3 is 2.42 bits per heavy atom. The van der Waals surface area contributed by atoms with Crippen molar-refractivity contribution in [2.24, 2.45) is 4.99 Å². The van der Waals surface area contributed by atoms with E-state index in [9.17, 15) is 14.4 Å². The Morgan fingerprint density at radius 1 is 1.06 bits per heavy atom. The first-order valence-corrected chi connectivity index (χ1v) is 11.1. The highest BCUT2D eigenvalue weighted by Crippen LogP contribution is 2.29. The number of nitrogens with zero attached hydrogens (tertiary/aromatic N) is 3. The summed E-state index contributed by atoms with van der Waals surface area (Å²) in [5, 5.41) is 5.41. The molecule has 1 aliphatic heterocycles. The van der Waals surface area contributed by atoms with Crippen LogP contribution >= 0.6 is 0 Å². The van der Waals surface area contributed by atoms with Crippen molar-refractivity contribution in [3.8, 4) is 0 Å². The second-order valence-corrected chi connectivity index (χ2v) is 8.05. The van der Waals surface area contributed by atoms with Gasteiger partial charge in [0.15, 0.2) is 0 Å². The zero-order valence-electron chi connectivity index (χ0n) is 19.8. The Kier molecular flexibility index (Phi) is 7.48. The van der Waals surface area contributed by atoms with Crippen LogP contribution in [0.4, 0.5) is 16.2 Å². The molecule has 1 unspecified atom stereocenters. The maximum atomic E-state index is 13.6. The van der Waals surface area contributed by atoms with Crippen molar-refractivity contribution >= 4 is 34.9 Å². The maximum absolute atomic E-state index is 13.6. The highest BCUT2D eigenvalue weighted by atomic mass is 16.2. The van der Waals surface area contributed by atoms with Gasteiger partial charge < -0.3 is 15.5 Å². The van der Waals surface area contributed by atoms with E-state index < -0.39 is 18.1 Å². The van der Waals surface area contributed by atoms with Crippen molar-refractivity contribution in [1.82, 2.24) is 10.2 Å². The molecule has 8 nitrogen and oxygen atoms in total. The minimum absolute atomic E-state index is 0.126. The largest absolute Gasteiger partial charge is 0.342 e. The molecule has 0 aliphatic carbocycles. The lowest BCUT2D eigenvalue weighted by Gasteiger charge is -2.29. The van der Waals surface area contributed by atoms with E-state index in [1.54, 1.807) is 17.9 Å². The molecule has 3 rings (SSSR count). The predicted octanol–water partition coefficient (Wildman–Crippen LogP) is 3.48. The maximum Gasteiger partial charge on any atom is 0.321 e. The number of hydrogen-bond donors (Lipinski definition) is 2. The molecule has 0 radical (unpaired) electrons. The van der Waals surface area contributed by atoms with Gasteiger partial charge in [0.05, 0.1) is 5.69 Å². The number of aryl methyl sites for hydroxylation is 2. The van der Waals surface area contributed by atoms with Crippen molar-refractivity contribution in [3.05, 3.63) is 59.2 Å².